The van der Waals surface area contributed by atoms with Crippen LogP contribution >= 0.6 is 0 Å². The van der Waals surface area contributed by atoms with Crippen molar-refractivity contribution in [2.75, 3.05) is 19.6 Å². The van der Waals surface area contributed by atoms with Gasteiger partial charge in [0.15, 0.2) is 0 Å². The van der Waals surface area contributed by atoms with Crippen LogP contribution in [0.5, 0.6) is 0 Å². The summed E-state index contributed by atoms with van der Waals surface area (Å²) in [5.41, 5.74) is 2.98. The van der Waals surface area contributed by atoms with Gasteiger partial charge in [0.2, 0.25) is 5.91 Å². The van der Waals surface area contributed by atoms with Crippen molar-refractivity contribution in [1.29, 1.82) is 0 Å². The molecule has 24 heavy (non-hydrogen) atoms. The first-order chi connectivity index (χ1) is 11.5. The summed E-state index contributed by atoms with van der Waals surface area (Å²) in [6.07, 6.45) is 5.33. The van der Waals surface area contributed by atoms with Crippen LogP contribution in [0.4, 0.5) is 0 Å². The van der Waals surface area contributed by atoms with Crippen molar-refractivity contribution in [3.05, 3.63) is 35.4 Å². The number of carbonyl (C=O) groups excluding carboxylic acids is 1. The second kappa shape index (κ2) is 7.26. The van der Waals surface area contributed by atoms with E-state index in [2.05, 4.69) is 54.8 Å². The van der Waals surface area contributed by atoms with E-state index in [1.54, 1.807) is 0 Å². The van der Waals surface area contributed by atoms with E-state index in [9.17, 15) is 4.79 Å². The zero-order chi connectivity index (χ0) is 17.2. The van der Waals surface area contributed by atoms with E-state index in [-0.39, 0.29) is 5.54 Å². The van der Waals surface area contributed by atoms with Gasteiger partial charge in [0, 0.05) is 31.6 Å². The third-order valence-electron chi connectivity index (χ3n) is 6.06. The Morgan fingerprint density at radius 2 is 1.83 bits per heavy atom. The molecule has 2 aliphatic heterocycles. The number of likely N-dealkylation sites (tertiary alicyclic amines) is 2. The highest BCUT2D eigenvalue weighted by atomic mass is 16.2. The molecular weight excluding hydrogens is 296 g/mol. The Hall–Kier alpha value is -1.35. The molecule has 0 saturated carbocycles. The first kappa shape index (κ1) is 17.5. The molecule has 1 amide bonds. The van der Waals surface area contributed by atoms with Crippen molar-refractivity contribution in [2.24, 2.45) is 0 Å². The van der Waals surface area contributed by atoms with E-state index in [0.29, 0.717) is 11.8 Å². The van der Waals surface area contributed by atoms with E-state index in [1.165, 1.54) is 24.0 Å². The minimum atomic E-state index is 0.155. The van der Waals surface area contributed by atoms with E-state index in [4.69, 9.17) is 0 Å². The van der Waals surface area contributed by atoms with Gasteiger partial charge in [0.1, 0.15) is 0 Å². The number of nitrogens with zero attached hydrogens (tertiary/aromatic N) is 2. The maximum Gasteiger partial charge on any atom is 0.223 e. The van der Waals surface area contributed by atoms with Crippen molar-refractivity contribution < 1.29 is 4.79 Å². The van der Waals surface area contributed by atoms with Crippen LogP contribution in [0.3, 0.4) is 0 Å². The highest BCUT2D eigenvalue weighted by Crippen LogP contribution is 2.39. The van der Waals surface area contributed by atoms with Gasteiger partial charge in [0.05, 0.1) is 0 Å². The van der Waals surface area contributed by atoms with Gasteiger partial charge >= 0.3 is 0 Å². The molecule has 1 spiro atoms. The van der Waals surface area contributed by atoms with Crippen LogP contribution in [-0.2, 0) is 11.3 Å². The summed E-state index contributed by atoms with van der Waals surface area (Å²) in [7, 11) is 0. The minimum absolute atomic E-state index is 0.155. The van der Waals surface area contributed by atoms with Gasteiger partial charge in [-0.2, -0.15) is 0 Å². The average molecular weight is 329 g/mol. The molecule has 0 aliphatic carbocycles. The van der Waals surface area contributed by atoms with E-state index >= 15 is 0 Å². The quantitative estimate of drug-likeness (QED) is 0.828. The van der Waals surface area contributed by atoms with Crippen molar-refractivity contribution in [3.8, 4) is 0 Å². The van der Waals surface area contributed by atoms with Crippen molar-refractivity contribution in [2.45, 2.75) is 70.9 Å². The first-order valence-corrected chi connectivity index (χ1v) is 9.66. The Labute approximate surface area is 147 Å². The third kappa shape index (κ3) is 3.51. The van der Waals surface area contributed by atoms with E-state index in [1.807, 2.05) is 0 Å². The molecule has 3 rings (SSSR count). The molecule has 1 aromatic carbocycles. The second-order valence-electron chi connectivity index (χ2n) is 7.89. The molecule has 0 aromatic heterocycles. The van der Waals surface area contributed by atoms with Crippen molar-refractivity contribution in [1.82, 2.24) is 9.80 Å². The maximum atomic E-state index is 12.2. The monoisotopic (exact) mass is 328 g/mol. The van der Waals surface area contributed by atoms with Gasteiger partial charge in [-0.05, 0) is 56.2 Å². The molecule has 0 bridgehead atoms. The summed E-state index contributed by atoms with van der Waals surface area (Å²) in [5.74, 6) is 0.965. The number of amides is 1. The Bertz CT molecular complexity index is 566. The fourth-order valence-corrected chi connectivity index (χ4v) is 4.56. The van der Waals surface area contributed by atoms with Gasteiger partial charge in [-0.1, -0.05) is 38.1 Å². The van der Waals surface area contributed by atoms with Gasteiger partial charge in [-0.15, -0.1) is 0 Å². The predicted molar refractivity (Wildman–Crippen MR) is 99.0 cm³/mol. The largest absolute Gasteiger partial charge is 0.337 e. The lowest BCUT2D eigenvalue weighted by Gasteiger charge is -2.37. The SMILES string of the molecule is CCN1C(=O)CC[C@@]12CCCN(Cc1ccc(C(C)C)cc1)CC2. The highest BCUT2D eigenvalue weighted by Gasteiger charge is 2.44. The lowest BCUT2D eigenvalue weighted by molar-refractivity contribution is -0.131. The van der Waals surface area contributed by atoms with Crippen LogP contribution in [0.15, 0.2) is 24.3 Å². The summed E-state index contributed by atoms with van der Waals surface area (Å²) in [6, 6.07) is 9.11. The van der Waals surface area contributed by atoms with Crippen LogP contribution in [0.1, 0.15) is 69.9 Å². The van der Waals surface area contributed by atoms with Crippen LogP contribution in [0.25, 0.3) is 0 Å². The first-order valence-electron chi connectivity index (χ1n) is 9.66. The van der Waals surface area contributed by atoms with Gasteiger partial charge in [-0.3, -0.25) is 9.69 Å². The van der Waals surface area contributed by atoms with Crippen LogP contribution < -0.4 is 0 Å². The van der Waals surface area contributed by atoms with Crippen LogP contribution in [0.2, 0.25) is 0 Å². The molecule has 1 atom stereocenters. The van der Waals surface area contributed by atoms with Gasteiger partial charge < -0.3 is 4.90 Å². The number of benzene rings is 1. The molecule has 0 radical (unpaired) electrons. The Morgan fingerprint density at radius 3 is 2.50 bits per heavy atom. The topological polar surface area (TPSA) is 23.6 Å². The molecule has 1 aromatic rings. The number of hydrogen-bond acceptors (Lipinski definition) is 2. The number of hydrogen-bond donors (Lipinski definition) is 0. The summed E-state index contributed by atoms with van der Waals surface area (Å²) in [4.78, 5) is 16.9. The summed E-state index contributed by atoms with van der Waals surface area (Å²) < 4.78 is 0. The van der Waals surface area contributed by atoms with E-state index in [0.717, 1.165) is 45.4 Å². The molecule has 0 unspecified atom stereocenters. The zero-order valence-corrected chi connectivity index (χ0v) is 15.6. The Balaban J connectivity index is 1.62. The molecule has 2 heterocycles. The molecular formula is C21H32N2O. The molecule has 2 aliphatic rings. The molecule has 0 N–H and O–H groups in total. The fourth-order valence-electron chi connectivity index (χ4n) is 4.56. The Morgan fingerprint density at radius 1 is 1.08 bits per heavy atom. The lowest BCUT2D eigenvalue weighted by atomic mass is 9.88. The van der Waals surface area contributed by atoms with Crippen molar-refractivity contribution >= 4 is 5.91 Å². The fraction of sp³-hybridized carbons (Fsp3) is 0.667. The minimum Gasteiger partial charge on any atom is -0.337 e. The Kier molecular flexibility index (Phi) is 5.29. The molecule has 2 saturated heterocycles. The van der Waals surface area contributed by atoms with E-state index < -0.39 is 0 Å². The smallest absolute Gasteiger partial charge is 0.223 e. The average Bonchev–Trinajstić information content (AvgIpc) is 2.74. The summed E-state index contributed by atoms with van der Waals surface area (Å²) in [6.45, 7) is 10.8. The molecule has 3 heteroatoms. The standard InChI is InChI=1S/C21H32N2O/c1-4-23-20(24)10-12-21(23)11-5-14-22(15-13-21)16-18-6-8-19(9-7-18)17(2)3/h6-9,17H,4-5,10-16H2,1-3H3/t21-/m1/s1. The molecule has 132 valence electrons. The predicted octanol–water partition coefficient (Wildman–Crippen LogP) is 4.18. The summed E-state index contributed by atoms with van der Waals surface area (Å²) >= 11 is 0. The molecule has 2 fully saturated rings. The number of rotatable bonds is 4. The van der Waals surface area contributed by atoms with Gasteiger partial charge in [-0.25, -0.2) is 0 Å². The normalized spacial score (nSPS) is 25.7. The summed E-state index contributed by atoms with van der Waals surface area (Å²) in [5, 5.41) is 0. The maximum absolute atomic E-state index is 12.2. The van der Waals surface area contributed by atoms with Crippen LogP contribution in [-0.4, -0.2) is 40.9 Å². The number of carbonyl (C=O) groups is 1. The lowest BCUT2D eigenvalue weighted by Crippen LogP contribution is -2.46. The highest BCUT2D eigenvalue weighted by molar-refractivity contribution is 5.79. The third-order valence-corrected chi connectivity index (χ3v) is 6.06. The second-order valence-corrected chi connectivity index (χ2v) is 7.89. The van der Waals surface area contributed by atoms with Crippen molar-refractivity contribution in [3.63, 3.8) is 0 Å². The molecule has 3 nitrogen and oxygen atoms in total. The van der Waals surface area contributed by atoms with Gasteiger partial charge in [0.25, 0.3) is 0 Å². The van der Waals surface area contributed by atoms with Crippen LogP contribution in [0, 0.1) is 0 Å². The zero-order valence-electron chi connectivity index (χ0n) is 15.6.